The monoisotopic (exact) mass is 258 g/mol. The van der Waals surface area contributed by atoms with E-state index in [4.69, 9.17) is 0 Å². The third-order valence-corrected chi connectivity index (χ3v) is 3.80. The van der Waals surface area contributed by atoms with Crippen LogP contribution in [0.15, 0.2) is 5.38 Å². The molecule has 92 valence electrons. The molecule has 0 fully saturated rings. The number of rotatable bonds is 7. The quantitative estimate of drug-likeness (QED) is 0.756. The highest BCUT2D eigenvalue weighted by Gasteiger charge is 2.06. The SMILES string of the molecule is Cc1nc(CN(C)CCC(C)CCS)cs1. The van der Waals surface area contributed by atoms with Crippen LogP contribution in [-0.4, -0.2) is 29.2 Å². The normalized spacial score (nSPS) is 13.3. The fourth-order valence-corrected chi connectivity index (χ4v) is 2.69. The Morgan fingerprint density at radius 1 is 1.50 bits per heavy atom. The first kappa shape index (κ1) is 14.0. The molecule has 1 atom stereocenters. The van der Waals surface area contributed by atoms with Crippen molar-refractivity contribution in [1.29, 1.82) is 0 Å². The summed E-state index contributed by atoms with van der Waals surface area (Å²) in [6.45, 7) is 6.48. The molecule has 0 aliphatic heterocycles. The van der Waals surface area contributed by atoms with Crippen molar-refractivity contribution in [2.75, 3.05) is 19.3 Å². The molecule has 0 aromatic carbocycles. The molecule has 0 amide bonds. The number of hydrogen-bond acceptors (Lipinski definition) is 4. The Balaban J connectivity index is 2.23. The standard InChI is InChI=1S/C12H22N2S2/c1-10(5-7-15)4-6-14(3)8-12-9-16-11(2)13-12/h9-10,15H,4-8H2,1-3H3. The summed E-state index contributed by atoms with van der Waals surface area (Å²) in [5.41, 5.74) is 1.20. The molecule has 0 saturated heterocycles. The minimum atomic E-state index is 0.775. The van der Waals surface area contributed by atoms with Crippen molar-refractivity contribution in [2.45, 2.75) is 33.2 Å². The molecule has 1 unspecified atom stereocenters. The first-order chi connectivity index (χ1) is 7.61. The van der Waals surface area contributed by atoms with Gasteiger partial charge >= 0.3 is 0 Å². The topological polar surface area (TPSA) is 16.1 Å². The lowest BCUT2D eigenvalue weighted by Crippen LogP contribution is -2.21. The van der Waals surface area contributed by atoms with Crippen molar-refractivity contribution in [3.05, 3.63) is 16.1 Å². The Hall–Kier alpha value is -0.0600. The Morgan fingerprint density at radius 3 is 2.81 bits per heavy atom. The summed E-state index contributed by atoms with van der Waals surface area (Å²) in [4.78, 5) is 6.83. The molecule has 1 rings (SSSR count). The van der Waals surface area contributed by atoms with Crippen LogP contribution in [0.5, 0.6) is 0 Å². The van der Waals surface area contributed by atoms with Crippen LogP contribution in [0, 0.1) is 12.8 Å². The second kappa shape index (κ2) is 7.30. The van der Waals surface area contributed by atoms with Crippen LogP contribution in [0.3, 0.4) is 0 Å². The second-order valence-electron chi connectivity index (χ2n) is 4.50. The van der Waals surface area contributed by atoms with E-state index in [1.807, 2.05) is 0 Å². The van der Waals surface area contributed by atoms with Crippen LogP contribution < -0.4 is 0 Å². The largest absolute Gasteiger partial charge is 0.301 e. The van der Waals surface area contributed by atoms with Gasteiger partial charge in [-0.25, -0.2) is 4.98 Å². The van der Waals surface area contributed by atoms with E-state index in [1.54, 1.807) is 11.3 Å². The summed E-state index contributed by atoms with van der Waals surface area (Å²) in [7, 11) is 2.17. The second-order valence-corrected chi connectivity index (χ2v) is 6.01. The highest BCUT2D eigenvalue weighted by atomic mass is 32.1. The smallest absolute Gasteiger partial charge is 0.0897 e. The maximum Gasteiger partial charge on any atom is 0.0897 e. The van der Waals surface area contributed by atoms with E-state index in [9.17, 15) is 0 Å². The number of nitrogens with zero attached hydrogens (tertiary/aromatic N) is 2. The molecule has 2 nitrogen and oxygen atoms in total. The molecule has 1 aromatic heterocycles. The van der Waals surface area contributed by atoms with Gasteiger partial charge in [-0.15, -0.1) is 11.3 Å². The average molecular weight is 258 g/mol. The zero-order valence-corrected chi connectivity index (χ0v) is 12.2. The van der Waals surface area contributed by atoms with Gasteiger partial charge in [0.15, 0.2) is 0 Å². The van der Waals surface area contributed by atoms with Gasteiger partial charge in [-0.1, -0.05) is 6.92 Å². The zero-order chi connectivity index (χ0) is 12.0. The lowest BCUT2D eigenvalue weighted by Gasteiger charge is -2.17. The Kier molecular flexibility index (Phi) is 6.39. The first-order valence-electron chi connectivity index (χ1n) is 5.82. The van der Waals surface area contributed by atoms with Crippen LogP contribution in [0.4, 0.5) is 0 Å². The van der Waals surface area contributed by atoms with Crippen LogP contribution in [0.2, 0.25) is 0 Å². The number of hydrogen-bond donors (Lipinski definition) is 1. The van der Waals surface area contributed by atoms with Crippen LogP contribution in [-0.2, 0) is 6.54 Å². The molecule has 0 saturated carbocycles. The van der Waals surface area contributed by atoms with E-state index >= 15 is 0 Å². The molecule has 0 aliphatic carbocycles. The molecule has 0 bridgehead atoms. The number of aromatic nitrogens is 1. The van der Waals surface area contributed by atoms with Gasteiger partial charge in [0.2, 0.25) is 0 Å². The van der Waals surface area contributed by atoms with Gasteiger partial charge in [0.05, 0.1) is 10.7 Å². The van der Waals surface area contributed by atoms with Gasteiger partial charge in [0, 0.05) is 11.9 Å². The summed E-state index contributed by atoms with van der Waals surface area (Å²) < 4.78 is 0. The third-order valence-electron chi connectivity index (χ3n) is 2.72. The van der Waals surface area contributed by atoms with E-state index in [2.05, 4.69) is 48.8 Å². The fourth-order valence-electron chi connectivity index (χ4n) is 1.64. The molecule has 4 heteroatoms. The van der Waals surface area contributed by atoms with Gasteiger partial charge < -0.3 is 4.90 Å². The molecule has 16 heavy (non-hydrogen) atoms. The van der Waals surface area contributed by atoms with Crippen LogP contribution in [0.1, 0.15) is 30.5 Å². The maximum atomic E-state index is 4.48. The highest BCUT2D eigenvalue weighted by Crippen LogP contribution is 2.12. The predicted molar refractivity (Wildman–Crippen MR) is 75.4 cm³/mol. The van der Waals surface area contributed by atoms with Gasteiger partial charge in [-0.05, 0) is 45.0 Å². The third kappa shape index (κ3) is 5.32. The van der Waals surface area contributed by atoms with Gasteiger partial charge in [-0.3, -0.25) is 0 Å². The van der Waals surface area contributed by atoms with E-state index in [-0.39, 0.29) is 0 Å². The van der Waals surface area contributed by atoms with E-state index in [0.29, 0.717) is 0 Å². The van der Waals surface area contributed by atoms with E-state index in [0.717, 1.165) is 29.8 Å². The summed E-state index contributed by atoms with van der Waals surface area (Å²) in [6.07, 6.45) is 2.47. The molecule has 1 heterocycles. The molecule has 0 N–H and O–H groups in total. The van der Waals surface area contributed by atoms with Crippen molar-refractivity contribution in [3.8, 4) is 0 Å². The molecular formula is C12H22N2S2. The zero-order valence-electron chi connectivity index (χ0n) is 10.4. The summed E-state index contributed by atoms with van der Waals surface area (Å²) >= 11 is 6.00. The first-order valence-corrected chi connectivity index (χ1v) is 7.33. The Labute approximate surface area is 108 Å². The number of aryl methyl sites for hydroxylation is 1. The molecule has 1 aromatic rings. The summed E-state index contributed by atoms with van der Waals surface area (Å²) in [5.74, 6) is 1.77. The summed E-state index contributed by atoms with van der Waals surface area (Å²) in [5, 5.41) is 3.31. The van der Waals surface area contributed by atoms with Gasteiger partial charge in [-0.2, -0.15) is 12.6 Å². The number of thiazole rings is 1. The fraction of sp³-hybridized carbons (Fsp3) is 0.750. The van der Waals surface area contributed by atoms with Crippen molar-refractivity contribution in [1.82, 2.24) is 9.88 Å². The Bertz CT molecular complexity index is 299. The maximum absolute atomic E-state index is 4.48. The lowest BCUT2D eigenvalue weighted by atomic mass is 10.1. The molecule has 0 radical (unpaired) electrons. The van der Waals surface area contributed by atoms with Gasteiger partial charge in [0.1, 0.15) is 0 Å². The van der Waals surface area contributed by atoms with Crippen molar-refractivity contribution < 1.29 is 0 Å². The Morgan fingerprint density at radius 2 is 2.25 bits per heavy atom. The minimum Gasteiger partial charge on any atom is -0.301 e. The minimum absolute atomic E-state index is 0.775. The number of thiol groups is 1. The van der Waals surface area contributed by atoms with Crippen LogP contribution in [0.25, 0.3) is 0 Å². The molecule has 0 spiro atoms. The van der Waals surface area contributed by atoms with Crippen molar-refractivity contribution >= 4 is 24.0 Å². The van der Waals surface area contributed by atoms with Gasteiger partial charge in [0.25, 0.3) is 0 Å². The molecule has 0 aliphatic rings. The van der Waals surface area contributed by atoms with E-state index in [1.165, 1.54) is 18.5 Å². The summed E-state index contributed by atoms with van der Waals surface area (Å²) in [6, 6.07) is 0. The highest BCUT2D eigenvalue weighted by molar-refractivity contribution is 7.80. The predicted octanol–water partition coefficient (Wildman–Crippen LogP) is 3.23. The van der Waals surface area contributed by atoms with Crippen LogP contribution >= 0.6 is 24.0 Å². The molecular weight excluding hydrogens is 236 g/mol. The van der Waals surface area contributed by atoms with Crippen molar-refractivity contribution in [3.63, 3.8) is 0 Å². The average Bonchev–Trinajstić information content (AvgIpc) is 2.61. The lowest BCUT2D eigenvalue weighted by molar-refractivity contribution is 0.294. The van der Waals surface area contributed by atoms with Crippen molar-refractivity contribution in [2.24, 2.45) is 5.92 Å². The van der Waals surface area contributed by atoms with E-state index < -0.39 is 0 Å².